The van der Waals surface area contributed by atoms with Gasteiger partial charge in [0.25, 0.3) is 0 Å². The predicted molar refractivity (Wildman–Crippen MR) is 64.6 cm³/mol. The van der Waals surface area contributed by atoms with Crippen LogP contribution in [-0.4, -0.2) is 16.9 Å². The van der Waals surface area contributed by atoms with Gasteiger partial charge in [-0.2, -0.15) is 5.10 Å². The molecule has 0 aliphatic heterocycles. The summed E-state index contributed by atoms with van der Waals surface area (Å²) in [6.45, 7) is 3.50. The Morgan fingerprint density at radius 2 is 1.67 bits per heavy atom. The highest BCUT2D eigenvalue weighted by molar-refractivity contribution is 5.70. The Hall–Kier alpha value is -1.91. The van der Waals surface area contributed by atoms with Crippen molar-refractivity contribution in [3.8, 4) is 16.9 Å². The molecule has 5 heteroatoms. The van der Waals surface area contributed by atoms with Gasteiger partial charge < -0.3 is 4.74 Å². The first-order chi connectivity index (χ1) is 8.45. The number of aryl methyl sites for hydroxylation is 2. The Morgan fingerprint density at radius 1 is 1.11 bits per heavy atom. The zero-order valence-corrected chi connectivity index (χ0v) is 10.7. The first kappa shape index (κ1) is 12.5. The zero-order valence-electron chi connectivity index (χ0n) is 10.7. The first-order valence-corrected chi connectivity index (χ1v) is 5.49. The number of ether oxygens (including phenoxy) is 1. The molecule has 2 rings (SSSR count). The van der Waals surface area contributed by atoms with Crippen molar-refractivity contribution in [2.45, 2.75) is 13.8 Å². The zero-order chi connectivity index (χ0) is 13.4. The molecule has 1 aromatic heterocycles. The summed E-state index contributed by atoms with van der Waals surface area (Å²) in [7, 11) is 3.11. The number of rotatable bonds is 2. The molecule has 0 aliphatic rings. The van der Waals surface area contributed by atoms with E-state index in [1.165, 1.54) is 19.2 Å². The average Bonchev–Trinajstić information content (AvgIpc) is 2.54. The normalized spacial score (nSPS) is 10.8. The van der Waals surface area contributed by atoms with Crippen LogP contribution in [0.5, 0.6) is 5.75 Å². The van der Waals surface area contributed by atoms with Crippen LogP contribution in [0.3, 0.4) is 0 Å². The van der Waals surface area contributed by atoms with E-state index in [9.17, 15) is 8.78 Å². The summed E-state index contributed by atoms with van der Waals surface area (Å²) in [6.07, 6.45) is 0. The summed E-state index contributed by atoms with van der Waals surface area (Å²) in [5.41, 5.74) is 1.75. The molecular weight excluding hydrogens is 238 g/mol. The lowest BCUT2D eigenvalue weighted by atomic mass is 10.0. The number of benzene rings is 1. The molecule has 0 spiro atoms. The highest BCUT2D eigenvalue weighted by Crippen LogP contribution is 2.33. The number of hydrogen-bond acceptors (Lipinski definition) is 2. The third-order valence-corrected chi connectivity index (χ3v) is 3.01. The predicted octanol–water partition coefficient (Wildman–Crippen LogP) is 2.99. The second-order valence-corrected chi connectivity index (χ2v) is 4.14. The van der Waals surface area contributed by atoms with Crippen LogP contribution in [-0.2, 0) is 7.05 Å². The van der Waals surface area contributed by atoms with E-state index in [0.717, 1.165) is 5.69 Å². The van der Waals surface area contributed by atoms with Crippen LogP contribution in [0.1, 0.15) is 11.4 Å². The molecule has 0 fully saturated rings. The second kappa shape index (κ2) is 4.40. The lowest BCUT2D eigenvalue weighted by Gasteiger charge is -2.08. The quantitative estimate of drug-likeness (QED) is 0.821. The van der Waals surface area contributed by atoms with Gasteiger partial charge in [-0.1, -0.05) is 0 Å². The van der Waals surface area contributed by atoms with Gasteiger partial charge in [-0.25, -0.2) is 8.78 Å². The molecule has 0 radical (unpaired) electrons. The molecule has 3 nitrogen and oxygen atoms in total. The fourth-order valence-corrected chi connectivity index (χ4v) is 2.04. The molecule has 0 saturated carbocycles. The molecule has 18 heavy (non-hydrogen) atoms. The first-order valence-electron chi connectivity index (χ1n) is 5.49. The Bertz CT molecular complexity index is 582. The minimum absolute atomic E-state index is 0.0566. The maximum atomic E-state index is 14.0. The van der Waals surface area contributed by atoms with E-state index in [1.807, 2.05) is 0 Å². The van der Waals surface area contributed by atoms with Gasteiger partial charge in [-0.3, -0.25) is 4.68 Å². The van der Waals surface area contributed by atoms with Crippen molar-refractivity contribution in [2.24, 2.45) is 7.05 Å². The van der Waals surface area contributed by atoms with Gasteiger partial charge in [0.1, 0.15) is 17.4 Å². The van der Waals surface area contributed by atoms with E-state index < -0.39 is 11.6 Å². The SMILES string of the molecule is COc1cc(F)c(-c2c(C)nn(C)c2C)c(F)c1. The standard InChI is InChI=1S/C13H14F2N2O/c1-7-12(8(2)17(3)16-7)13-10(14)5-9(18-4)6-11(13)15/h5-6H,1-4H3. The summed E-state index contributed by atoms with van der Waals surface area (Å²) in [5.74, 6) is -1.13. The Balaban J connectivity index is 2.71. The molecule has 0 N–H and O–H groups in total. The van der Waals surface area contributed by atoms with E-state index in [1.54, 1.807) is 25.6 Å². The van der Waals surface area contributed by atoms with E-state index in [-0.39, 0.29) is 11.3 Å². The van der Waals surface area contributed by atoms with E-state index in [4.69, 9.17) is 4.74 Å². The van der Waals surface area contributed by atoms with Crippen LogP contribution in [0, 0.1) is 25.5 Å². The molecule has 0 unspecified atom stereocenters. The van der Waals surface area contributed by atoms with Crippen molar-refractivity contribution in [2.75, 3.05) is 7.11 Å². The van der Waals surface area contributed by atoms with Gasteiger partial charge in [0.15, 0.2) is 0 Å². The van der Waals surface area contributed by atoms with Crippen molar-refractivity contribution < 1.29 is 13.5 Å². The van der Waals surface area contributed by atoms with Crippen molar-refractivity contribution in [1.82, 2.24) is 9.78 Å². The largest absolute Gasteiger partial charge is 0.497 e. The molecule has 1 aromatic carbocycles. The van der Waals surface area contributed by atoms with Gasteiger partial charge >= 0.3 is 0 Å². The smallest absolute Gasteiger partial charge is 0.137 e. The molecular formula is C13H14F2N2O. The molecule has 0 atom stereocenters. The summed E-state index contributed by atoms with van der Waals surface area (Å²) < 4.78 is 34.4. The number of hydrogen-bond donors (Lipinski definition) is 0. The monoisotopic (exact) mass is 252 g/mol. The summed E-state index contributed by atoms with van der Waals surface area (Å²) in [5, 5.41) is 4.16. The number of nitrogens with zero attached hydrogens (tertiary/aromatic N) is 2. The van der Waals surface area contributed by atoms with Crippen molar-refractivity contribution in [3.05, 3.63) is 35.2 Å². The minimum Gasteiger partial charge on any atom is -0.497 e. The number of methoxy groups -OCH3 is 1. The summed E-state index contributed by atoms with van der Waals surface area (Å²) in [4.78, 5) is 0. The molecule has 0 saturated heterocycles. The Morgan fingerprint density at radius 3 is 2.06 bits per heavy atom. The highest BCUT2D eigenvalue weighted by atomic mass is 19.1. The van der Waals surface area contributed by atoms with Gasteiger partial charge in [0.05, 0.1) is 18.4 Å². The Labute approximate surface area is 104 Å². The van der Waals surface area contributed by atoms with Crippen molar-refractivity contribution >= 4 is 0 Å². The average molecular weight is 252 g/mol. The molecule has 0 bridgehead atoms. The highest BCUT2D eigenvalue weighted by Gasteiger charge is 2.20. The van der Waals surface area contributed by atoms with Crippen LogP contribution in [0.2, 0.25) is 0 Å². The fraction of sp³-hybridized carbons (Fsp3) is 0.308. The molecule has 0 aliphatic carbocycles. The topological polar surface area (TPSA) is 27.1 Å². The summed E-state index contributed by atoms with van der Waals surface area (Å²) in [6, 6.07) is 2.34. The number of halogens is 2. The molecule has 96 valence electrons. The molecule has 2 aromatic rings. The van der Waals surface area contributed by atoms with Crippen LogP contribution >= 0.6 is 0 Å². The molecule has 0 amide bonds. The van der Waals surface area contributed by atoms with Crippen LogP contribution in [0.4, 0.5) is 8.78 Å². The Kier molecular flexibility index (Phi) is 3.07. The van der Waals surface area contributed by atoms with Crippen LogP contribution < -0.4 is 4.74 Å². The lowest BCUT2D eigenvalue weighted by molar-refractivity contribution is 0.407. The van der Waals surface area contributed by atoms with Gasteiger partial charge in [0, 0.05) is 30.4 Å². The van der Waals surface area contributed by atoms with Crippen molar-refractivity contribution in [1.29, 1.82) is 0 Å². The summed E-state index contributed by atoms with van der Waals surface area (Å²) >= 11 is 0. The van der Waals surface area contributed by atoms with E-state index in [0.29, 0.717) is 11.3 Å². The fourth-order valence-electron chi connectivity index (χ4n) is 2.04. The maximum Gasteiger partial charge on any atom is 0.137 e. The van der Waals surface area contributed by atoms with Gasteiger partial charge in [0.2, 0.25) is 0 Å². The van der Waals surface area contributed by atoms with Crippen LogP contribution in [0.25, 0.3) is 11.1 Å². The maximum absolute atomic E-state index is 14.0. The minimum atomic E-state index is -0.647. The van der Waals surface area contributed by atoms with Gasteiger partial charge in [-0.05, 0) is 13.8 Å². The van der Waals surface area contributed by atoms with E-state index in [2.05, 4.69) is 5.10 Å². The van der Waals surface area contributed by atoms with Crippen molar-refractivity contribution in [3.63, 3.8) is 0 Å². The third-order valence-electron chi connectivity index (χ3n) is 3.01. The molecule has 1 heterocycles. The second-order valence-electron chi connectivity index (χ2n) is 4.14. The van der Waals surface area contributed by atoms with Crippen LogP contribution in [0.15, 0.2) is 12.1 Å². The lowest BCUT2D eigenvalue weighted by Crippen LogP contribution is -1.96. The number of aromatic nitrogens is 2. The van der Waals surface area contributed by atoms with E-state index >= 15 is 0 Å². The third kappa shape index (κ3) is 1.85. The van der Waals surface area contributed by atoms with Gasteiger partial charge in [-0.15, -0.1) is 0 Å².